The number of nitrogens with zero attached hydrogens (tertiary/aromatic N) is 1. The summed E-state index contributed by atoms with van der Waals surface area (Å²) in [4.78, 5) is 2.52. The SMILES string of the molecule is CC(CN)CCCN(C)C1CCC1. The predicted molar refractivity (Wildman–Crippen MR) is 57.7 cm³/mol. The number of rotatable bonds is 6. The average molecular weight is 184 g/mol. The lowest BCUT2D eigenvalue weighted by Gasteiger charge is -2.34. The lowest BCUT2D eigenvalue weighted by molar-refractivity contribution is 0.155. The molecular weight excluding hydrogens is 160 g/mol. The van der Waals surface area contributed by atoms with Gasteiger partial charge in [0.15, 0.2) is 0 Å². The first kappa shape index (κ1) is 11.0. The molecule has 1 saturated carbocycles. The fourth-order valence-electron chi connectivity index (χ4n) is 1.82. The largest absolute Gasteiger partial charge is 0.330 e. The van der Waals surface area contributed by atoms with Crippen molar-refractivity contribution in [1.29, 1.82) is 0 Å². The summed E-state index contributed by atoms with van der Waals surface area (Å²) in [7, 11) is 2.26. The van der Waals surface area contributed by atoms with E-state index >= 15 is 0 Å². The third kappa shape index (κ3) is 3.65. The van der Waals surface area contributed by atoms with Crippen LogP contribution in [0.3, 0.4) is 0 Å². The minimum atomic E-state index is 0.704. The molecule has 2 heteroatoms. The number of hydrogen-bond donors (Lipinski definition) is 1. The standard InChI is InChI=1S/C11H24N2/c1-10(9-12)5-4-8-13(2)11-6-3-7-11/h10-11H,3-9,12H2,1-2H3. The van der Waals surface area contributed by atoms with E-state index in [9.17, 15) is 0 Å². The second-order valence-corrected chi connectivity index (χ2v) is 4.55. The molecule has 2 N–H and O–H groups in total. The molecule has 2 nitrogen and oxygen atoms in total. The molecule has 0 aromatic carbocycles. The van der Waals surface area contributed by atoms with Gasteiger partial charge in [-0.25, -0.2) is 0 Å². The molecule has 0 radical (unpaired) electrons. The Labute approximate surface area is 82.5 Å². The van der Waals surface area contributed by atoms with E-state index in [-0.39, 0.29) is 0 Å². The zero-order chi connectivity index (χ0) is 9.68. The third-order valence-corrected chi connectivity index (χ3v) is 3.31. The van der Waals surface area contributed by atoms with Crippen molar-refractivity contribution in [1.82, 2.24) is 4.90 Å². The maximum atomic E-state index is 5.57. The van der Waals surface area contributed by atoms with Crippen LogP contribution in [0.15, 0.2) is 0 Å². The molecule has 0 spiro atoms. The third-order valence-electron chi connectivity index (χ3n) is 3.31. The highest BCUT2D eigenvalue weighted by molar-refractivity contribution is 4.77. The highest BCUT2D eigenvalue weighted by Crippen LogP contribution is 2.23. The summed E-state index contributed by atoms with van der Waals surface area (Å²) in [6, 6.07) is 0.896. The van der Waals surface area contributed by atoms with Crippen molar-refractivity contribution >= 4 is 0 Å². The first-order valence-electron chi connectivity index (χ1n) is 5.64. The Balaban J connectivity index is 1.98. The summed E-state index contributed by atoms with van der Waals surface area (Å²) >= 11 is 0. The molecular formula is C11H24N2. The van der Waals surface area contributed by atoms with Crippen molar-refractivity contribution < 1.29 is 0 Å². The van der Waals surface area contributed by atoms with Crippen molar-refractivity contribution in [3.05, 3.63) is 0 Å². The molecule has 0 amide bonds. The molecule has 13 heavy (non-hydrogen) atoms. The molecule has 0 saturated heterocycles. The summed E-state index contributed by atoms with van der Waals surface area (Å²) in [6.07, 6.45) is 6.87. The van der Waals surface area contributed by atoms with Crippen molar-refractivity contribution in [2.75, 3.05) is 20.1 Å². The summed E-state index contributed by atoms with van der Waals surface area (Å²) in [5.41, 5.74) is 5.57. The van der Waals surface area contributed by atoms with Crippen molar-refractivity contribution in [2.45, 2.75) is 45.1 Å². The normalized spacial score (nSPS) is 20.3. The van der Waals surface area contributed by atoms with Gasteiger partial charge in [-0.05, 0) is 51.7 Å². The van der Waals surface area contributed by atoms with Crippen LogP contribution in [0.4, 0.5) is 0 Å². The molecule has 0 aliphatic heterocycles. The van der Waals surface area contributed by atoms with Gasteiger partial charge < -0.3 is 10.6 Å². The van der Waals surface area contributed by atoms with Crippen LogP contribution < -0.4 is 5.73 Å². The monoisotopic (exact) mass is 184 g/mol. The average Bonchev–Trinajstić information content (AvgIpc) is 2.01. The predicted octanol–water partition coefficient (Wildman–Crippen LogP) is 1.85. The van der Waals surface area contributed by atoms with Crippen LogP contribution in [-0.2, 0) is 0 Å². The van der Waals surface area contributed by atoms with Crippen LogP contribution in [0.2, 0.25) is 0 Å². The molecule has 1 atom stereocenters. The molecule has 1 aliphatic rings. The van der Waals surface area contributed by atoms with Crippen molar-refractivity contribution in [3.63, 3.8) is 0 Å². The van der Waals surface area contributed by atoms with E-state index in [1.54, 1.807) is 0 Å². The lowest BCUT2D eigenvalue weighted by Crippen LogP contribution is -2.37. The molecule has 1 fully saturated rings. The summed E-state index contributed by atoms with van der Waals surface area (Å²) in [5.74, 6) is 0.704. The van der Waals surface area contributed by atoms with E-state index in [1.165, 1.54) is 38.6 Å². The van der Waals surface area contributed by atoms with Gasteiger partial charge in [0.1, 0.15) is 0 Å². The molecule has 0 heterocycles. The van der Waals surface area contributed by atoms with E-state index in [0.29, 0.717) is 5.92 Å². The van der Waals surface area contributed by atoms with E-state index in [0.717, 1.165) is 12.6 Å². The topological polar surface area (TPSA) is 29.3 Å². The molecule has 78 valence electrons. The minimum absolute atomic E-state index is 0.704. The highest BCUT2D eigenvalue weighted by atomic mass is 15.1. The van der Waals surface area contributed by atoms with Crippen LogP contribution in [0.5, 0.6) is 0 Å². The molecule has 0 aromatic heterocycles. The Kier molecular flexibility index (Phi) is 4.74. The molecule has 1 unspecified atom stereocenters. The van der Waals surface area contributed by atoms with E-state index in [4.69, 9.17) is 5.73 Å². The Morgan fingerprint density at radius 1 is 1.46 bits per heavy atom. The van der Waals surface area contributed by atoms with Gasteiger partial charge in [0.2, 0.25) is 0 Å². The van der Waals surface area contributed by atoms with Gasteiger partial charge in [0.05, 0.1) is 0 Å². The summed E-state index contributed by atoms with van der Waals surface area (Å²) < 4.78 is 0. The second kappa shape index (κ2) is 5.61. The van der Waals surface area contributed by atoms with Gasteiger partial charge >= 0.3 is 0 Å². The zero-order valence-electron chi connectivity index (χ0n) is 9.13. The first-order valence-corrected chi connectivity index (χ1v) is 5.64. The minimum Gasteiger partial charge on any atom is -0.330 e. The van der Waals surface area contributed by atoms with Crippen molar-refractivity contribution in [3.8, 4) is 0 Å². The van der Waals surface area contributed by atoms with Gasteiger partial charge in [-0.1, -0.05) is 13.3 Å². The molecule has 0 aromatic rings. The maximum absolute atomic E-state index is 5.57. The number of hydrogen-bond acceptors (Lipinski definition) is 2. The van der Waals surface area contributed by atoms with Gasteiger partial charge in [0, 0.05) is 6.04 Å². The highest BCUT2D eigenvalue weighted by Gasteiger charge is 2.21. The Bertz CT molecular complexity index is 132. The van der Waals surface area contributed by atoms with Gasteiger partial charge in [-0.15, -0.1) is 0 Å². The fraction of sp³-hybridized carbons (Fsp3) is 1.00. The van der Waals surface area contributed by atoms with Crippen LogP contribution in [0.25, 0.3) is 0 Å². The van der Waals surface area contributed by atoms with E-state index in [2.05, 4.69) is 18.9 Å². The molecule has 0 bridgehead atoms. The molecule has 1 rings (SSSR count). The van der Waals surface area contributed by atoms with Crippen LogP contribution in [0.1, 0.15) is 39.0 Å². The van der Waals surface area contributed by atoms with E-state index in [1.807, 2.05) is 0 Å². The number of nitrogens with two attached hydrogens (primary N) is 1. The summed E-state index contributed by atoms with van der Waals surface area (Å²) in [5, 5.41) is 0. The smallest absolute Gasteiger partial charge is 0.00922 e. The quantitative estimate of drug-likeness (QED) is 0.682. The summed E-state index contributed by atoms with van der Waals surface area (Å²) in [6.45, 7) is 4.34. The van der Waals surface area contributed by atoms with E-state index < -0.39 is 0 Å². The zero-order valence-corrected chi connectivity index (χ0v) is 9.13. The Morgan fingerprint density at radius 2 is 2.15 bits per heavy atom. The Morgan fingerprint density at radius 3 is 2.62 bits per heavy atom. The van der Waals surface area contributed by atoms with Gasteiger partial charge in [0.25, 0.3) is 0 Å². The first-order chi connectivity index (χ1) is 6.24. The maximum Gasteiger partial charge on any atom is 0.00922 e. The van der Waals surface area contributed by atoms with Gasteiger partial charge in [-0.2, -0.15) is 0 Å². The van der Waals surface area contributed by atoms with Crippen LogP contribution in [-0.4, -0.2) is 31.1 Å². The molecule has 1 aliphatic carbocycles. The lowest BCUT2D eigenvalue weighted by atomic mass is 9.91. The van der Waals surface area contributed by atoms with Gasteiger partial charge in [-0.3, -0.25) is 0 Å². The van der Waals surface area contributed by atoms with Crippen molar-refractivity contribution in [2.24, 2.45) is 11.7 Å². The van der Waals surface area contributed by atoms with Crippen LogP contribution in [0, 0.1) is 5.92 Å². The fourth-order valence-corrected chi connectivity index (χ4v) is 1.82. The Hall–Kier alpha value is -0.0800. The van der Waals surface area contributed by atoms with Crippen LogP contribution >= 0.6 is 0 Å². The second-order valence-electron chi connectivity index (χ2n) is 4.55.